The number of rotatable bonds is 26. The number of carbonyl (C=O) groups is 6. The first kappa shape index (κ1) is 43.7. The summed E-state index contributed by atoms with van der Waals surface area (Å²) in [6.45, 7) is 12.5. The van der Waals surface area contributed by atoms with Gasteiger partial charge in [-0.1, -0.05) is 25.7 Å². The summed E-state index contributed by atoms with van der Waals surface area (Å²) in [4.78, 5) is 71.1. The fourth-order valence-electron chi connectivity index (χ4n) is 4.06. The molecule has 0 radical (unpaired) electrons. The number of carbonyl (C=O) groups excluding carboxylic acids is 5. The van der Waals surface area contributed by atoms with Gasteiger partial charge in [0.25, 0.3) is 0 Å². The van der Waals surface area contributed by atoms with Crippen LogP contribution in [-0.2, 0) is 47.7 Å². The molecule has 0 aliphatic rings. The van der Waals surface area contributed by atoms with Crippen molar-refractivity contribution in [2.75, 3.05) is 39.5 Å². The van der Waals surface area contributed by atoms with Gasteiger partial charge in [-0.2, -0.15) is 0 Å². The molecule has 272 valence electrons. The van der Waals surface area contributed by atoms with Crippen LogP contribution in [-0.4, -0.2) is 97.5 Å². The molecule has 1 atom stereocenters. The highest BCUT2D eigenvalue weighted by molar-refractivity contribution is 5.87. The van der Waals surface area contributed by atoms with Gasteiger partial charge in [-0.15, -0.1) is 0 Å². The molecule has 0 aliphatic heterocycles. The largest absolute Gasteiger partial charge is 0.481 e. The topological polar surface area (TPSA) is 196 Å². The van der Waals surface area contributed by atoms with E-state index in [1.54, 1.807) is 20.8 Å². The van der Waals surface area contributed by atoms with Crippen LogP contribution in [0.2, 0.25) is 0 Å². The van der Waals surface area contributed by atoms with Crippen molar-refractivity contribution in [2.45, 2.75) is 136 Å². The Morgan fingerprint density at radius 2 is 1.04 bits per heavy atom. The van der Waals surface area contributed by atoms with E-state index in [1.807, 2.05) is 20.8 Å². The van der Waals surface area contributed by atoms with Crippen molar-refractivity contribution in [1.82, 2.24) is 16.0 Å². The Kier molecular flexibility index (Phi) is 23.1. The van der Waals surface area contributed by atoms with Gasteiger partial charge in [-0.05, 0) is 60.8 Å². The van der Waals surface area contributed by atoms with Crippen LogP contribution in [0.3, 0.4) is 0 Å². The van der Waals surface area contributed by atoms with Gasteiger partial charge in [0.15, 0.2) is 0 Å². The molecular weight excluding hydrogens is 614 g/mol. The number of carboxylic acids is 1. The molecule has 0 rings (SSSR count). The molecule has 0 aliphatic carbocycles. The molecule has 0 bridgehead atoms. The SMILES string of the molecule is CC(C)(C)OC(=O)CCCCCCCCC(=O)NCCOCCOCCNC(=O)CCC(=O)N[C@@H](CCC(=O)O)C(=O)OC(C)(C)C. The third-order valence-electron chi connectivity index (χ3n) is 6.22. The van der Waals surface area contributed by atoms with E-state index in [0.29, 0.717) is 39.2 Å². The van der Waals surface area contributed by atoms with Gasteiger partial charge < -0.3 is 40.0 Å². The number of aliphatic carboxylic acids is 1. The Labute approximate surface area is 279 Å². The van der Waals surface area contributed by atoms with Gasteiger partial charge in [0.1, 0.15) is 17.2 Å². The van der Waals surface area contributed by atoms with Crippen LogP contribution < -0.4 is 16.0 Å². The summed E-state index contributed by atoms with van der Waals surface area (Å²) < 4.78 is 21.4. The van der Waals surface area contributed by atoms with Gasteiger partial charge in [0.05, 0.1) is 26.4 Å². The second-order valence-electron chi connectivity index (χ2n) is 13.2. The fourth-order valence-corrected chi connectivity index (χ4v) is 4.06. The first-order chi connectivity index (χ1) is 22.0. The molecular formula is C33H59N3O11. The number of nitrogens with one attached hydrogen (secondary N) is 3. The summed E-state index contributed by atoms with van der Waals surface area (Å²) >= 11 is 0. The summed E-state index contributed by atoms with van der Waals surface area (Å²) in [6.07, 6.45) is 5.81. The van der Waals surface area contributed by atoms with Crippen molar-refractivity contribution < 1.29 is 52.8 Å². The lowest BCUT2D eigenvalue weighted by Gasteiger charge is -2.24. The molecule has 3 amide bonds. The number of ether oxygens (including phenoxy) is 4. The number of esters is 2. The highest BCUT2D eigenvalue weighted by atomic mass is 16.6. The first-order valence-corrected chi connectivity index (χ1v) is 16.6. The third-order valence-corrected chi connectivity index (χ3v) is 6.22. The van der Waals surface area contributed by atoms with Crippen molar-refractivity contribution in [2.24, 2.45) is 0 Å². The monoisotopic (exact) mass is 673 g/mol. The first-order valence-electron chi connectivity index (χ1n) is 16.6. The Morgan fingerprint density at radius 1 is 0.574 bits per heavy atom. The summed E-state index contributed by atoms with van der Waals surface area (Å²) in [6, 6.07) is -1.12. The van der Waals surface area contributed by atoms with Gasteiger partial charge in [0, 0.05) is 45.2 Å². The fraction of sp³-hybridized carbons (Fsp3) is 0.818. The second kappa shape index (κ2) is 24.9. The van der Waals surface area contributed by atoms with Crippen molar-refractivity contribution >= 4 is 35.6 Å². The summed E-state index contributed by atoms with van der Waals surface area (Å²) in [7, 11) is 0. The van der Waals surface area contributed by atoms with Crippen molar-refractivity contribution in [3.63, 3.8) is 0 Å². The van der Waals surface area contributed by atoms with Crippen molar-refractivity contribution in [3.05, 3.63) is 0 Å². The minimum atomic E-state index is -1.12. The number of carboxylic acid groups (broad SMARTS) is 1. The van der Waals surface area contributed by atoms with E-state index in [9.17, 15) is 28.8 Å². The van der Waals surface area contributed by atoms with Crippen LogP contribution >= 0.6 is 0 Å². The van der Waals surface area contributed by atoms with E-state index >= 15 is 0 Å². The highest BCUT2D eigenvalue weighted by Crippen LogP contribution is 2.13. The van der Waals surface area contributed by atoms with Crippen LogP contribution in [0, 0.1) is 0 Å². The minimum absolute atomic E-state index is 0.0101. The minimum Gasteiger partial charge on any atom is -0.481 e. The zero-order chi connectivity index (χ0) is 35.7. The molecule has 4 N–H and O–H groups in total. The van der Waals surface area contributed by atoms with E-state index in [1.165, 1.54) is 0 Å². The standard InChI is InChI=1S/C33H59N3O11/c1-32(2,3)46-30(42)14-12-10-8-7-9-11-13-26(37)34-19-21-44-23-24-45-22-20-35-27(38)16-17-28(39)36-25(15-18-29(40)41)31(43)47-33(4,5)6/h25H,7-24H2,1-6H3,(H,34,37)(H,35,38)(H,36,39)(H,40,41)/t25-/m0/s1. The maximum absolute atomic E-state index is 12.3. The highest BCUT2D eigenvalue weighted by Gasteiger charge is 2.27. The lowest BCUT2D eigenvalue weighted by atomic mass is 10.1. The molecule has 14 nitrogen and oxygen atoms in total. The number of amides is 3. The zero-order valence-electron chi connectivity index (χ0n) is 29.3. The summed E-state index contributed by atoms with van der Waals surface area (Å²) in [5.74, 6) is -2.94. The molecule has 0 saturated carbocycles. The predicted molar refractivity (Wildman–Crippen MR) is 174 cm³/mol. The van der Waals surface area contributed by atoms with E-state index in [0.717, 1.165) is 38.5 Å². The van der Waals surface area contributed by atoms with Gasteiger partial charge in [0.2, 0.25) is 17.7 Å². The molecule has 0 aromatic carbocycles. The molecule has 0 saturated heterocycles. The quantitative estimate of drug-likeness (QED) is 0.0778. The number of hydrogen-bond donors (Lipinski definition) is 4. The van der Waals surface area contributed by atoms with E-state index in [4.69, 9.17) is 24.1 Å². The Balaban J connectivity index is 3.76. The summed E-state index contributed by atoms with van der Waals surface area (Å²) in [5, 5.41) is 16.8. The Hall–Kier alpha value is -3.26. The molecule has 0 aromatic rings. The van der Waals surface area contributed by atoms with E-state index < -0.39 is 35.1 Å². The number of unbranched alkanes of at least 4 members (excludes halogenated alkanes) is 5. The van der Waals surface area contributed by atoms with Crippen molar-refractivity contribution in [1.29, 1.82) is 0 Å². The maximum Gasteiger partial charge on any atom is 0.329 e. The Morgan fingerprint density at radius 3 is 1.55 bits per heavy atom. The average Bonchev–Trinajstić information content (AvgIpc) is 2.94. The number of hydrogen-bond acceptors (Lipinski definition) is 10. The van der Waals surface area contributed by atoms with Crippen LogP contribution in [0.5, 0.6) is 0 Å². The van der Waals surface area contributed by atoms with Gasteiger partial charge in [-0.25, -0.2) is 4.79 Å². The molecule has 0 unspecified atom stereocenters. The lowest BCUT2D eigenvalue weighted by molar-refractivity contribution is -0.159. The van der Waals surface area contributed by atoms with Crippen LogP contribution in [0.4, 0.5) is 0 Å². The molecule has 0 aromatic heterocycles. The van der Waals surface area contributed by atoms with Gasteiger partial charge in [-0.3, -0.25) is 24.0 Å². The third kappa shape index (κ3) is 29.9. The van der Waals surface area contributed by atoms with E-state index in [2.05, 4.69) is 16.0 Å². The average molecular weight is 674 g/mol. The summed E-state index contributed by atoms with van der Waals surface area (Å²) in [5.41, 5.74) is -1.24. The molecule has 0 spiro atoms. The predicted octanol–water partition coefficient (Wildman–Crippen LogP) is 3.19. The molecule has 0 fully saturated rings. The molecule has 47 heavy (non-hydrogen) atoms. The normalized spacial score (nSPS) is 12.1. The van der Waals surface area contributed by atoms with E-state index in [-0.39, 0.29) is 56.6 Å². The Bertz CT molecular complexity index is 958. The molecule has 0 heterocycles. The van der Waals surface area contributed by atoms with Crippen LogP contribution in [0.15, 0.2) is 0 Å². The zero-order valence-corrected chi connectivity index (χ0v) is 29.3. The maximum atomic E-state index is 12.3. The molecule has 14 heteroatoms. The van der Waals surface area contributed by atoms with Gasteiger partial charge >= 0.3 is 17.9 Å². The lowest BCUT2D eigenvalue weighted by Crippen LogP contribution is -2.44. The van der Waals surface area contributed by atoms with Crippen LogP contribution in [0.25, 0.3) is 0 Å². The van der Waals surface area contributed by atoms with Crippen LogP contribution in [0.1, 0.15) is 119 Å². The van der Waals surface area contributed by atoms with Crippen molar-refractivity contribution in [3.8, 4) is 0 Å². The smallest absolute Gasteiger partial charge is 0.329 e. The second-order valence-corrected chi connectivity index (χ2v) is 13.2.